The third-order valence-electron chi connectivity index (χ3n) is 4.56. The van der Waals surface area contributed by atoms with E-state index in [0.29, 0.717) is 23.1 Å². The van der Waals surface area contributed by atoms with Crippen LogP contribution in [-0.2, 0) is 0 Å². The fourth-order valence-electron chi connectivity index (χ4n) is 3.26. The number of carbonyl (C=O) groups excluding carboxylic acids is 1. The molecule has 7 heteroatoms. The molecule has 128 valence electrons. The Hall–Kier alpha value is -2.96. The summed E-state index contributed by atoms with van der Waals surface area (Å²) in [6, 6.07) is 6.21. The lowest BCUT2D eigenvalue weighted by atomic mass is 10.2. The van der Waals surface area contributed by atoms with Crippen molar-refractivity contribution in [2.45, 2.75) is 32.7 Å². The number of imidazole rings is 1. The summed E-state index contributed by atoms with van der Waals surface area (Å²) in [5, 5.41) is 7.51. The van der Waals surface area contributed by atoms with Crippen molar-refractivity contribution in [3.05, 3.63) is 48.0 Å². The Morgan fingerprint density at radius 1 is 1.28 bits per heavy atom. The average molecular weight is 336 g/mol. The van der Waals surface area contributed by atoms with E-state index in [1.807, 2.05) is 25.1 Å². The molecule has 0 unspecified atom stereocenters. The topological polar surface area (TPSA) is 75.4 Å². The van der Waals surface area contributed by atoms with Gasteiger partial charge < -0.3 is 10.2 Å². The summed E-state index contributed by atoms with van der Waals surface area (Å²) in [5.74, 6) is 0.626. The fourth-order valence-corrected chi connectivity index (χ4v) is 3.26. The zero-order valence-electron chi connectivity index (χ0n) is 14.3. The van der Waals surface area contributed by atoms with Crippen LogP contribution in [0.1, 0.15) is 35.8 Å². The Kier molecular flexibility index (Phi) is 3.83. The molecule has 1 N–H and O–H groups in total. The maximum Gasteiger partial charge on any atom is 0.276 e. The molecule has 0 aromatic carbocycles. The van der Waals surface area contributed by atoms with Crippen LogP contribution in [0.15, 0.2) is 36.8 Å². The summed E-state index contributed by atoms with van der Waals surface area (Å²) in [6.07, 6.45) is 7.25. The van der Waals surface area contributed by atoms with Crippen LogP contribution in [0.5, 0.6) is 0 Å². The molecule has 7 nitrogen and oxygen atoms in total. The van der Waals surface area contributed by atoms with E-state index in [2.05, 4.69) is 32.2 Å². The van der Waals surface area contributed by atoms with Gasteiger partial charge in [-0.1, -0.05) is 0 Å². The lowest BCUT2D eigenvalue weighted by molar-refractivity contribution is 0.102. The van der Waals surface area contributed by atoms with Crippen molar-refractivity contribution in [3.8, 4) is 0 Å². The van der Waals surface area contributed by atoms with E-state index < -0.39 is 0 Å². The van der Waals surface area contributed by atoms with Crippen LogP contribution < -0.4 is 10.2 Å². The van der Waals surface area contributed by atoms with Gasteiger partial charge in [-0.15, -0.1) is 5.10 Å². The minimum Gasteiger partial charge on any atom is -0.352 e. The van der Waals surface area contributed by atoms with Crippen molar-refractivity contribution in [1.29, 1.82) is 0 Å². The van der Waals surface area contributed by atoms with Gasteiger partial charge in [0.05, 0.1) is 18.1 Å². The summed E-state index contributed by atoms with van der Waals surface area (Å²) in [4.78, 5) is 23.3. The Morgan fingerprint density at radius 3 is 2.92 bits per heavy atom. The third kappa shape index (κ3) is 2.93. The van der Waals surface area contributed by atoms with Gasteiger partial charge >= 0.3 is 0 Å². The molecule has 25 heavy (non-hydrogen) atoms. The summed E-state index contributed by atoms with van der Waals surface area (Å²) in [6.45, 7) is 5.12. The van der Waals surface area contributed by atoms with Crippen LogP contribution in [0.2, 0.25) is 0 Å². The molecule has 4 heterocycles. The van der Waals surface area contributed by atoms with Crippen molar-refractivity contribution in [3.63, 3.8) is 0 Å². The molecule has 0 spiro atoms. The quantitative estimate of drug-likeness (QED) is 0.796. The van der Waals surface area contributed by atoms with Crippen LogP contribution in [0.4, 0.5) is 11.5 Å². The van der Waals surface area contributed by atoms with Gasteiger partial charge in [0.2, 0.25) is 0 Å². The average Bonchev–Trinajstić information content (AvgIpc) is 3.20. The Bertz CT molecular complexity index is 934. The zero-order valence-corrected chi connectivity index (χ0v) is 14.3. The molecule has 0 saturated carbocycles. The second-order valence-corrected chi connectivity index (χ2v) is 6.49. The van der Waals surface area contributed by atoms with Gasteiger partial charge in [-0.25, -0.2) is 9.50 Å². The molecule has 1 aliphatic rings. The van der Waals surface area contributed by atoms with Crippen molar-refractivity contribution in [1.82, 2.24) is 19.6 Å². The number of amides is 1. The van der Waals surface area contributed by atoms with Crippen LogP contribution in [0.25, 0.3) is 5.65 Å². The van der Waals surface area contributed by atoms with Gasteiger partial charge in [-0.3, -0.25) is 9.78 Å². The Labute approximate surface area is 145 Å². The summed E-state index contributed by atoms with van der Waals surface area (Å²) in [5.41, 5.74) is 2.71. The molecule has 1 aliphatic heterocycles. The predicted molar refractivity (Wildman–Crippen MR) is 96.0 cm³/mol. The molecule has 0 aliphatic carbocycles. The van der Waals surface area contributed by atoms with E-state index in [4.69, 9.17) is 0 Å². The fraction of sp³-hybridized carbons (Fsp3) is 0.333. The number of aromatic nitrogens is 4. The van der Waals surface area contributed by atoms with Crippen molar-refractivity contribution < 1.29 is 4.79 Å². The zero-order chi connectivity index (χ0) is 17.4. The van der Waals surface area contributed by atoms with Crippen LogP contribution in [-0.4, -0.2) is 38.1 Å². The number of anilines is 2. The van der Waals surface area contributed by atoms with Gasteiger partial charge in [0, 0.05) is 18.8 Å². The van der Waals surface area contributed by atoms with Crippen molar-refractivity contribution >= 4 is 23.1 Å². The molecule has 1 atom stereocenters. The first-order valence-corrected chi connectivity index (χ1v) is 8.46. The smallest absolute Gasteiger partial charge is 0.276 e. The number of aryl methyl sites for hydroxylation is 1. The molecule has 0 bridgehead atoms. The molecule has 1 amide bonds. The molecule has 4 rings (SSSR count). The van der Waals surface area contributed by atoms with Crippen LogP contribution in [0.3, 0.4) is 0 Å². The molecule has 1 saturated heterocycles. The first-order chi connectivity index (χ1) is 12.1. The monoisotopic (exact) mass is 336 g/mol. The van der Waals surface area contributed by atoms with Crippen molar-refractivity contribution in [2.75, 3.05) is 16.8 Å². The highest BCUT2D eigenvalue weighted by molar-refractivity contribution is 6.03. The molecule has 3 aromatic heterocycles. The maximum atomic E-state index is 12.6. The highest BCUT2D eigenvalue weighted by Gasteiger charge is 2.23. The number of nitrogens with zero attached hydrogens (tertiary/aromatic N) is 5. The van der Waals surface area contributed by atoms with E-state index in [9.17, 15) is 4.79 Å². The highest BCUT2D eigenvalue weighted by Crippen LogP contribution is 2.23. The van der Waals surface area contributed by atoms with E-state index in [1.165, 1.54) is 6.42 Å². The predicted octanol–water partition coefficient (Wildman–Crippen LogP) is 2.67. The lowest BCUT2D eigenvalue weighted by Gasteiger charge is -2.22. The Balaban J connectivity index is 1.66. The summed E-state index contributed by atoms with van der Waals surface area (Å²) in [7, 11) is 0. The number of hydrogen-bond donors (Lipinski definition) is 1. The van der Waals surface area contributed by atoms with Crippen LogP contribution in [0, 0.1) is 6.92 Å². The van der Waals surface area contributed by atoms with Gasteiger partial charge in [0.25, 0.3) is 5.91 Å². The summed E-state index contributed by atoms with van der Waals surface area (Å²) < 4.78 is 1.61. The number of fused-ring (bicyclic) bond motifs is 1. The number of nitrogens with one attached hydrogen (secondary N) is 1. The van der Waals surface area contributed by atoms with Gasteiger partial charge in [-0.2, -0.15) is 0 Å². The Morgan fingerprint density at radius 2 is 2.16 bits per heavy atom. The molecule has 0 radical (unpaired) electrons. The first kappa shape index (κ1) is 15.6. The van der Waals surface area contributed by atoms with Gasteiger partial charge in [0.1, 0.15) is 5.82 Å². The van der Waals surface area contributed by atoms with Gasteiger partial charge in [-0.05, 0) is 50.5 Å². The minimum atomic E-state index is -0.251. The maximum absolute atomic E-state index is 12.6. The standard InChI is InChI=1S/C18H20N6O/c1-12-8-14(10-19-9-12)21-18(25)15-11-20-16-5-6-17(22-24(15)16)23-7-3-4-13(23)2/h5-6,8-11,13H,3-4,7H2,1-2H3,(H,21,25)/t13-/m0/s1. The minimum absolute atomic E-state index is 0.251. The summed E-state index contributed by atoms with van der Waals surface area (Å²) >= 11 is 0. The highest BCUT2D eigenvalue weighted by atomic mass is 16.2. The normalized spacial score (nSPS) is 17.2. The molecular weight excluding hydrogens is 316 g/mol. The van der Waals surface area contributed by atoms with E-state index in [1.54, 1.807) is 23.1 Å². The largest absolute Gasteiger partial charge is 0.352 e. The van der Waals surface area contributed by atoms with Crippen LogP contribution >= 0.6 is 0 Å². The SMILES string of the molecule is Cc1cncc(NC(=O)c2cnc3ccc(N4CCC[C@@H]4C)nn23)c1. The number of rotatable bonds is 3. The van der Waals surface area contributed by atoms with Crippen molar-refractivity contribution in [2.24, 2.45) is 0 Å². The van der Waals surface area contributed by atoms with E-state index in [-0.39, 0.29) is 5.91 Å². The van der Waals surface area contributed by atoms with E-state index >= 15 is 0 Å². The second-order valence-electron chi connectivity index (χ2n) is 6.49. The number of hydrogen-bond acceptors (Lipinski definition) is 5. The molecule has 3 aromatic rings. The lowest BCUT2D eigenvalue weighted by Crippen LogP contribution is -2.28. The molecular formula is C18H20N6O. The third-order valence-corrected chi connectivity index (χ3v) is 4.56. The number of pyridine rings is 1. The molecule has 1 fully saturated rings. The van der Waals surface area contributed by atoms with Gasteiger partial charge in [0.15, 0.2) is 11.3 Å². The first-order valence-electron chi connectivity index (χ1n) is 8.46. The number of carbonyl (C=O) groups is 1. The second kappa shape index (κ2) is 6.16. The van der Waals surface area contributed by atoms with E-state index in [0.717, 1.165) is 24.3 Å².